The van der Waals surface area contributed by atoms with E-state index in [-0.39, 0.29) is 5.91 Å². The summed E-state index contributed by atoms with van der Waals surface area (Å²) in [5.41, 5.74) is 4.50. The second-order valence-corrected chi connectivity index (χ2v) is 6.87. The Labute approximate surface area is 157 Å². The van der Waals surface area contributed by atoms with Gasteiger partial charge in [-0.1, -0.05) is 5.16 Å². The number of pyridine rings is 1. The fraction of sp³-hybridized carbons (Fsp3) is 0.350. The molecular weight excluding hydrogens is 342 g/mol. The molecule has 0 N–H and O–H groups in total. The zero-order chi connectivity index (χ0) is 18.8. The Bertz CT molecular complexity index is 927. The molecule has 1 aliphatic heterocycles. The van der Waals surface area contributed by atoms with Crippen LogP contribution in [-0.4, -0.2) is 44.0 Å². The van der Waals surface area contributed by atoms with Gasteiger partial charge in [0.15, 0.2) is 0 Å². The van der Waals surface area contributed by atoms with E-state index in [0.29, 0.717) is 11.5 Å². The lowest BCUT2D eigenvalue weighted by Gasteiger charge is -2.32. The van der Waals surface area contributed by atoms with E-state index in [9.17, 15) is 4.79 Å². The molecule has 7 nitrogen and oxygen atoms in total. The smallest absolute Gasteiger partial charge is 0.256 e. The maximum atomic E-state index is 12.5. The summed E-state index contributed by atoms with van der Waals surface area (Å²) in [5, 5.41) is 4.02. The molecule has 1 saturated heterocycles. The maximum Gasteiger partial charge on any atom is 0.256 e. The molecular formula is C20H21N5O2. The lowest BCUT2D eigenvalue weighted by atomic mass is 9.89. The first-order chi connectivity index (χ1) is 13.1. The maximum absolute atomic E-state index is 12.5. The number of likely N-dealkylation sites (tertiary alicyclic amines) is 1. The second kappa shape index (κ2) is 7.26. The van der Waals surface area contributed by atoms with Crippen molar-refractivity contribution in [3.8, 4) is 11.3 Å². The van der Waals surface area contributed by atoms with Crippen LogP contribution in [0.15, 0.2) is 41.6 Å². The number of rotatable bonds is 3. The van der Waals surface area contributed by atoms with E-state index in [2.05, 4.69) is 32.2 Å². The Balaban J connectivity index is 1.47. The number of amides is 1. The molecule has 0 unspecified atom stereocenters. The monoisotopic (exact) mass is 363 g/mol. The molecule has 7 heteroatoms. The summed E-state index contributed by atoms with van der Waals surface area (Å²) < 4.78 is 5.27. The van der Waals surface area contributed by atoms with Gasteiger partial charge >= 0.3 is 0 Å². The lowest BCUT2D eigenvalue weighted by Crippen LogP contribution is -2.38. The molecule has 0 bridgehead atoms. The Kier molecular flexibility index (Phi) is 4.66. The molecule has 0 atom stereocenters. The van der Waals surface area contributed by atoms with Gasteiger partial charge in [0.1, 0.15) is 12.1 Å². The lowest BCUT2D eigenvalue weighted by molar-refractivity contribution is 0.0712. The van der Waals surface area contributed by atoms with Crippen molar-refractivity contribution < 1.29 is 9.32 Å². The first-order valence-corrected chi connectivity index (χ1v) is 9.07. The van der Waals surface area contributed by atoms with Crippen molar-refractivity contribution in [1.29, 1.82) is 0 Å². The minimum absolute atomic E-state index is 0.000175. The standard InChI is InChI=1S/C20H21N5O2/c1-13-19(14(2)27-24-13)18-9-16(3-6-23-18)15-4-7-25(8-5-15)20(26)17-10-21-12-22-11-17/h3,6,9-12,15H,4-5,7-8H2,1-2H3. The molecule has 4 rings (SSSR count). The molecule has 0 radical (unpaired) electrons. The minimum Gasteiger partial charge on any atom is -0.361 e. The molecule has 1 fully saturated rings. The third-order valence-electron chi connectivity index (χ3n) is 5.13. The van der Waals surface area contributed by atoms with Gasteiger partial charge in [0.25, 0.3) is 5.91 Å². The molecule has 138 valence electrons. The summed E-state index contributed by atoms with van der Waals surface area (Å²) in [6.07, 6.45) is 8.26. The van der Waals surface area contributed by atoms with Gasteiger partial charge < -0.3 is 9.42 Å². The van der Waals surface area contributed by atoms with Crippen LogP contribution in [0.5, 0.6) is 0 Å². The molecule has 1 amide bonds. The highest BCUT2D eigenvalue weighted by atomic mass is 16.5. The number of carbonyl (C=O) groups excluding carboxylic acids is 1. The minimum atomic E-state index is 0.000175. The first kappa shape index (κ1) is 17.3. The molecule has 3 aromatic heterocycles. The highest BCUT2D eigenvalue weighted by Gasteiger charge is 2.25. The van der Waals surface area contributed by atoms with Gasteiger partial charge in [-0.05, 0) is 50.3 Å². The SMILES string of the molecule is Cc1noc(C)c1-c1cc(C2CCN(C(=O)c3cncnc3)CC2)ccn1. The number of carbonyl (C=O) groups is 1. The molecule has 0 spiro atoms. The van der Waals surface area contributed by atoms with Crippen LogP contribution in [0.4, 0.5) is 0 Å². The molecule has 27 heavy (non-hydrogen) atoms. The Morgan fingerprint density at radius 1 is 1.19 bits per heavy atom. The Hall–Kier alpha value is -3.09. The van der Waals surface area contributed by atoms with E-state index < -0.39 is 0 Å². The van der Waals surface area contributed by atoms with Crippen LogP contribution in [0.1, 0.15) is 46.1 Å². The van der Waals surface area contributed by atoms with Crippen LogP contribution in [0.25, 0.3) is 11.3 Å². The summed E-state index contributed by atoms with van der Waals surface area (Å²) in [5.74, 6) is 1.19. The summed E-state index contributed by atoms with van der Waals surface area (Å²) in [4.78, 5) is 26.8. The molecule has 3 aromatic rings. The topological polar surface area (TPSA) is 85.0 Å². The van der Waals surface area contributed by atoms with Gasteiger partial charge in [0.05, 0.1) is 22.5 Å². The average molecular weight is 363 g/mol. The normalized spacial score (nSPS) is 15.1. The highest BCUT2D eigenvalue weighted by molar-refractivity contribution is 5.93. The van der Waals surface area contributed by atoms with Crippen LogP contribution < -0.4 is 0 Å². The van der Waals surface area contributed by atoms with E-state index in [1.165, 1.54) is 11.9 Å². The van der Waals surface area contributed by atoms with Crippen molar-refractivity contribution in [1.82, 2.24) is 25.0 Å². The van der Waals surface area contributed by atoms with Crippen molar-refractivity contribution in [2.45, 2.75) is 32.6 Å². The fourth-order valence-electron chi connectivity index (χ4n) is 3.69. The number of piperidine rings is 1. The van der Waals surface area contributed by atoms with Gasteiger partial charge in [-0.2, -0.15) is 0 Å². The van der Waals surface area contributed by atoms with Crippen LogP contribution >= 0.6 is 0 Å². The first-order valence-electron chi connectivity index (χ1n) is 9.07. The second-order valence-electron chi connectivity index (χ2n) is 6.87. The summed E-state index contributed by atoms with van der Waals surface area (Å²) >= 11 is 0. The number of aromatic nitrogens is 4. The van der Waals surface area contributed by atoms with Crippen molar-refractivity contribution >= 4 is 5.91 Å². The Morgan fingerprint density at radius 3 is 2.59 bits per heavy atom. The molecule has 0 saturated carbocycles. The van der Waals surface area contributed by atoms with E-state index in [1.807, 2.05) is 24.9 Å². The number of hydrogen-bond donors (Lipinski definition) is 0. The van der Waals surface area contributed by atoms with Crippen LogP contribution in [-0.2, 0) is 0 Å². The average Bonchev–Trinajstić information content (AvgIpc) is 3.06. The van der Waals surface area contributed by atoms with Crippen LogP contribution in [0, 0.1) is 13.8 Å². The molecule has 0 aliphatic carbocycles. The van der Waals surface area contributed by atoms with Crippen molar-refractivity contribution in [3.05, 3.63) is 59.6 Å². The number of nitrogens with zero attached hydrogens (tertiary/aromatic N) is 5. The third kappa shape index (κ3) is 3.45. The van der Waals surface area contributed by atoms with Crippen LogP contribution in [0.3, 0.4) is 0 Å². The number of aryl methyl sites for hydroxylation is 2. The summed E-state index contributed by atoms with van der Waals surface area (Å²) in [6, 6.07) is 4.19. The molecule has 4 heterocycles. The third-order valence-corrected chi connectivity index (χ3v) is 5.13. The van der Waals surface area contributed by atoms with Crippen molar-refractivity contribution in [2.24, 2.45) is 0 Å². The van der Waals surface area contributed by atoms with Gasteiger partial charge in [-0.25, -0.2) is 9.97 Å². The van der Waals surface area contributed by atoms with Crippen molar-refractivity contribution in [3.63, 3.8) is 0 Å². The van der Waals surface area contributed by atoms with E-state index in [4.69, 9.17) is 4.52 Å². The van der Waals surface area contributed by atoms with Gasteiger partial charge in [-0.15, -0.1) is 0 Å². The highest BCUT2D eigenvalue weighted by Crippen LogP contribution is 2.32. The Morgan fingerprint density at radius 2 is 1.93 bits per heavy atom. The quantitative estimate of drug-likeness (QED) is 0.710. The zero-order valence-electron chi connectivity index (χ0n) is 15.4. The zero-order valence-corrected chi connectivity index (χ0v) is 15.4. The van der Waals surface area contributed by atoms with Gasteiger partial charge in [0.2, 0.25) is 0 Å². The van der Waals surface area contributed by atoms with E-state index >= 15 is 0 Å². The largest absolute Gasteiger partial charge is 0.361 e. The van der Waals surface area contributed by atoms with Gasteiger partial charge in [0, 0.05) is 31.7 Å². The van der Waals surface area contributed by atoms with Crippen LogP contribution in [0.2, 0.25) is 0 Å². The summed E-state index contributed by atoms with van der Waals surface area (Å²) in [7, 11) is 0. The van der Waals surface area contributed by atoms with Crippen molar-refractivity contribution in [2.75, 3.05) is 13.1 Å². The predicted octanol–water partition coefficient (Wildman–Crippen LogP) is 3.16. The molecule has 0 aromatic carbocycles. The van der Waals surface area contributed by atoms with Gasteiger partial charge in [-0.3, -0.25) is 9.78 Å². The molecule has 1 aliphatic rings. The predicted molar refractivity (Wildman–Crippen MR) is 99.1 cm³/mol. The summed E-state index contributed by atoms with van der Waals surface area (Å²) in [6.45, 7) is 5.28. The van der Waals surface area contributed by atoms with E-state index in [1.54, 1.807) is 12.4 Å². The van der Waals surface area contributed by atoms with E-state index in [0.717, 1.165) is 48.6 Å². The number of hydrogen-bond acceptors (Lipinski definition) is 6. The fourth-order valence-corrected chi connectivity index (χ4v) is 3.69.